The molecule has 6 nitrogen and oxygen atoms in total. The van der Waals surface area contributed by atoms with Crippen LogP contribution >= 0.6 is 11.6 Å². The first kappa shape index (κ1) is 25.4. The summed E-state index contributed by atoms with van der Waals surface area (Å²) in [6.07, 6.45) is -6.19. The number of carboxylic acid groups (broad SMARTS) is 1. The molecule has 2 N–H and O–H groups in total. The zero-order chi connectivity index (χ0) is 25.3. The van der Waals surface area contributed by atoms with E-state index >= 15 is 0 Å². The van der Waals surface area contributed by atoms with Crippen LogP contribution in [0.25, 0.3) is 6.08 Å². The molecular weight excluding hydrogens is 475 g/mol. The van der Waals surface area contributed by atoms with Crippen LogP contribution in [0.5, 0.6) is 5.75 Å². The van der Waals surface area contributed by atoms with E-state index in [9.17, 15) is 22.8 Å². The van der Waals surface area contributed by atoms with Crippen LogP contribution in [0.4, 0.5) is 23.7 Å². The van der Waals surface area contributed by atoms with Gasteiger partial charge in [-0.3, -0.25) is 5.32 Å². The minimum Gasteiger partial charge on any atom is -0.478 e. The van der Waals surface area contributed by atoms with Crippen molar-refractivity contribution >= 4 is 35.4 Å². The molecule has 10 heteroatoms. The highest BCUT2D eigenvalue weighted by molar-refractivity contribution is 6.31. The van der Waals surface area contributed by atoms with Gasteiger partial charge in [0.2, 0.25) is 6.10 Å². The Bertz CT molecular complexity index is 1130. The van der Waals surface area contributed by atoms with Gasteiger partial charge in [0, 0.05) is 16.3 Å². The van der Waals surface area contributed by atoms with E-state index in [1.54, 1.807) is 38.1 Å². The van der Waals surface area contributed by atoms with Crippen LogP contribution in [0.3, 0.4) is 0 Å². The van der Waals surface area contributed by atoms with E-state index in [2.05, 4.69) is 5.32 Å². The Morgan fingerprint density at radius 1 is 1.18 bits per heavy atom. The number of anilines is 1. The number of benzene rings is 2. The lowest BCUT2D eigenvalue weighted by Gasteiger charge is -2.27. The third-order valence-corrected chi connectivity index (χ3v) is 5.73. The summed E-state index contributed by atoms with van der Waals surface area (Å²) in [6.45, 7) is 5.51. The van der Waals surface area contributed by atoms with Gasteiger partial charge in [-0.2, -0.15) is 13.2 Å². The van der Waals surface area contributed by atoms with Crippen molar-refractivity contribution in [2.75, 3.05) is 5.32 Å². The maximum atomic E-state index is 13.3. The van der Waals surface area contributed by atoms with Gasteiger partial charge in [-0.1, -0.05) is 30.7 Å². The van der Waals surface area contributed by atoms with Gasteiger partial charge in [0.1, 0.15) is 11.4 Å². The van der Waals surface area contributed by atoms with Gasteiger partial charge in [-0.25, -0.2) is 9.59 Å². The summed E-state index contributed by atoms with van der Waals surface area (Å²) < 4.78 is 50.3. The number of carboxylic acids is 1. The summed E-state index contributed by atoms with van der Waals surface area (Å²) in [5.74, 6) is -1.82. The highest BCUT2D eigenvalue weighted by Crippen LogP contribution is 2.39. The highest BCUT2D eigenvalue weighted by atomic mass is 35.5. The van der Waals surface area contributed by atoms with Crippen LogP contribution in [0.2, 0.25) is 5.02 Å². The van der Waals surface area contributed by atoms with Gasteiger partial charge >= 0.3 is 18.2 Å². The average molecular weight is 498 g/mol. The van der Waals surface area contributed by atoms with E-state index < -0.39 is 35.5 Å². The van der Waals surface area contributed by atoms with Crippen molar-refractivity contribution in [3.63, 3.8) is 0 Å². The van der Waals surface area contributed by atoms with Crippen molar-refractivity contribution in [3.05, 3.63) is 63.7 Å². The van der Waals surface area contributed by atoms with Crippen LogP contribution in [0.1, 0.15) is 43.9 Å². The number of fused-ring (bicyclic) bond motifs is 1. The average Bonchev–Trinajstić information content (AvgIpc) is 2.73. The first-order valence-electron chi connectivity index (χ1n) is 10.4. The number of alkyl halides is 3. The standard InChI is InChI=1S/C24H23ClF3NO5/c1-4-23(2,3)34-22(32)29-16-7-5-13(6-8-16)9-14-12-19-15(11-18(14)25)10-17(21(30)31)20(33-19)24(26,27)28/h5-8,10-12,20H,4,9H2,1-3H3,(H,29,32)(H,30,31). The summed E-state index contributed by atoms with van der Waals surface area (Å²) in [4.78, 5) is 23.3. The van der Waals surface area contributed by atoms with E-state index in [-0.39, 0.29) is 22.8 Å². The molecule has 2 aromatic rings. The fourth-order valence-corrected chi connectivity index (χ4v) is 3.44. The maximum Gasteiger partial charge on any atom is 0.430 e. The molecule has 182 valence electrons. The van der Waals surface area contributed by atoms with Gasteiger partial charge in [0.05, 0.1) is 5.57 Å². The van der Waals surface area contributed by atoms with Crippen LogP contribution < -0.4 is 10.1 Å². The number of ether oxygens (including phenoxy) is 2. The number of aliphatic carboxylic acids is 1. The molecule has 0 spiro atoms. The number of rotatable bonds is 6. The number of carbonyl (C=O) groups excluding carboxylic acids is 1. The molecule has 0 saturated carbocycles. The Morgan fingerprint density at radius 3 is 2.38 bits per heavy atom. The zero-order valence-corrected chi connectivity index (χ0v) is 19.4. The van der Waals surface area contributed by atoms with Crippen molar-refractivity contribution in [1.82, 2.24) is 0 Å². The fourth-order valence-electron chi connectivity index (χ4n) is 3.20. The zero-order valence-electron chi connectivity index (χ0n) is 18.6. The number of amides is 1. The smallest absolute Gasteiger partial charge is 0.430 e. The third kappa shape index (κ3) is 6.02. The number of halogens is 4. The lowest BCUT2D eigenvalue weighted by Crippen LogP contribution is -2.40. The van der Waals surface area contributed by atoms with Crippen molar-refractivity contribution in [2.24, 2.45) is 0 Å². The van der Waals surface area contributed by atoms with E-state index in [0.717, 1.165) is 11.6 Å². The Labute approximate surface area is 199 Å². The molecule has 0 saturated heterocycles. The predicted molar refractivity (Wildman–Crippen MR) is 121 cm³/mol. The van der Waals surface area contributed by atoms with Gasteiger partial charge < -0.3 is 14.6 Å². The Kier molecular flexibility index (Phi) is 7.16. The van der Waals surface area contributed by atoms with Crippen LogP contribution in [-0.4, -0.2) is 35.1 Å². The van der Waals surface area contributed by atoms with Crippen molar-refractivity contribution < 1.29 is 37.3 Å². The number of carbonyl (C=O) groups is 2. The van der Waals surface area contributed by atoms with E-state index in [0.29, 0.717) is 17.7 Å². The summed E-state index contributed by atoms with van der Waals surface area (Å²) in [5, 5.41) is 12.0. The quantitative estimate of drug-likeness (QED) is 0.478. The number of nitrogens with one attached hydrogen (secondary N) is 1. The molecule has 1 heterocycles. The Morgan fingerprint density at radius 2 is 1.82 bits per heavy atom. The molecule has 2 aromatic carbocycles. The topological polar surface area (TPSA) is 84.9 Å². The normalized spacial score (nSPS) is 15.6. The Hall–Kier alpha value is -3.20. The number of hydrogen-bond acceptors (Lipinski definition) is 4. The van der Waals surface area contributed by atoms with E-state index in [1.165, 1.54) is 12.1 Å². The molecule has 3 rings (SSSR count). The molecule has 0 aliphatic carbocycles. The fraction of sp³-hybridized carbons (Fsp3) is 0.333. The van der Waals surface area contributed by atoms with Gasteiger partial charge in [0.15, 0.2) is 0 Å². The van der Waals surface area contributed by atoms with Crippen molar-refractivity contribution in [3.8, 4) is 5.75 Å². The first-order chi connectivity index (χ1) is 15.8. The summed E-state index contributed by atoms with van der Waals surface area (Å²) in [5.41, 5.74) is 0.436. The molecule has 1 atom stereocenters. The highest BCUT2D eigenvalue weighted by Gasteiger charge is 2.48. The minimum absolute atomic E-state index is 0.105. The molecule has 1 unspecified atom stereocenters. The maximum absolute atomic E-state index is 13.3. The first-order valence-corrected chi connectivity index (χ1v) is 10.8. The third-order valence-electron chi connectivity index (χ3n) is 5.38. The lowest BCUT2D eigenvalue weighted by atomic mass is 9.97. The predicted octanol–water partition coefficient (Wildman–Crippen LogP) is 6.46. The van der Waals surface area contributed by atoms with E-state index in [4.69, 9.17) is 26.2 Å². The molecule has 0 aromatic heterocycles. The largest absolute Gasteiger partial charge is 0.478 e. The number of hydrogen-bond donors (Lipinski definition) is 2. The monoisotopic (exact) mass is 497 g/mol. The van der Waals surface area contributed by atoms with Gasteiger partial charge in [0.25, 0.3) is 0 Å². The van der Waals surface area contributed by atoms with Gasteiger partial charge in [-0.15, -0.1) is 0 Å². The molecule has 34 heavy (non-hydrogen) atoms. The molecule has 0 radical (unpaired) electrons. The molecule has 1 amide bonds. The lowest BCUT2D eigenvalue weighted by molar-refractivity contribution is -0.187. The summed E-state index contributed by atoms with van der Waals surface area (Å²) >= 11 is 6.31. The second-order valence-corrected chi connectivity index (χ2v) is 8.83. The van der Waals surface area contributed by atoms with Crippen molar-refractivity contribution in [2.45, 2.75) is 51.5 Å². The summed E-state index contributed by atoms with van der Waals surface area (Å²) in [6, 6.07) is 9.56. The Balaban J connectivity index is 1.78. The molecule has 0 bridgehead atoms. The van der Waals surface area contributed by atoms with Crippen LogP contribution in [0.15, 0.2) is 42.0 Å². The van der Waals surface area contributed by atoms with Crippen LogP contribution in [-0.2, 0) is 16.0 Å². The van der Waals surface area contributed by atoms with Crippen molar-refractivity contribution in [1.29, 1.82) is 0 Å². The van der Waals surface area contributed by atoms with Gasteiger partial charge in [-0.05, 0) is 68.2 Å². The second-order valence-electron chi connectivity index (χ2n) is 8.43. The summed E-state index contributed by atoms with van der Waals surface area (Å²) in [7, 11) is 0. The van der Waals surface area contributed by atoms with E-state index in [1.807, 2.05) is 6.92 Å². The second kappa shape index (κ2) is 9.58. The molecular formula is C24H23ClF3NO5. The minimum atomic E-state index is -4.89. The molecule has 1 aliphatic heterocycles. The van der Waals surface area contributed by atoms with Crippen LogP contribution in [0, 0.1) is 0 Å². The molecule has 0 fully saturated rings. The molecule has 1 aliphatic rings. The SMILES string of the molecule is CCC(C)(C)OC(=O)Nc1ccc(Cc2cc3c(cc2Cl)C=C(C(=O)O)C(C(F)(F)F)O3)cc1.